The van der Waals surface area contributed by atoms with Crippen molar-refractivity contribution >= 4 is 21.5 Å². The predicted molar refractivity (Wildman–Crippen MR) is 128 cm³/mol. The van der Waals surface area contributed by atoms with E-state index < -0.39 is 0 Å². The number of ether oxygens (including phenoxy) is 1. The molecule has 0 aliphatic carbocycles. The maximum Gasteiger partial charge on any atom is 0.127 e. The van der Waals surface area contributed by atoms with Gasteiger partial charge in [-0.2, -0.15) is 0 Å². The smallest absolute Gasteiger partial charge is 0.127 e. The highest BCUT2D eigenvalue weighted by Gasteiger charge is 2.19. The van der Waals surface area contributed by atoms with Crippen LogP contribution in [0.4, 0.5) is 0 Å². The van der Waals surface area contributed by atoms with Gasteiger partial charge in [-0.1, -0.05) is 84.9 Å². The molecule has 31 heavy (non-hydrogen) atoms. The minimum atomic E-state index is 0.900. The van der Waals surface area contributed by atoms with Crippen molar-refractivity contribution in [2.45, 2.75) is 13.1 Å². The van der Waals surface area contributed by atoms with Gasteiger partial charge in [0, 0.05) is 11.1 Å². The standard InChI is InChI=1S/C28H30N2O/c1-3-13-27-23(7-1)9-5-11-25(27)21-30(16-15-29-17-19-31-20-18-29)22-26-12-6-10-24-8-2-4-14-28(24)26/h1-14H,15-22H2/p+2. The summed E-state index contributed by atoms with van der Waals surface area (Å²) in [5.74, 6) is 0. The van der Waals surface area contributed by atoms with Crippen molar-refractivity contribution in [3.8, 4) is 0 Å². The van der Waals surface area contributed by atoms with Crippen LogP contribution in [-0.4, -0.2) is 39.4 Å². The van der Waals surface area contributed by atoms with Crippen LogP contribution in [0.1, 0.15) is 11.1 Å². The van der Waals surface area contributed by atoms with Crippen LogP contribution in [0.5, 0.6) is 0 Å². The fraction of sp³-hybridized carbons (Fsp3) is 0.286. The molecule has 3 nitrogen and oxygen atoms in total. The van der Waals surface area contributed by atoms with E-state index >= 15 is 0 Å². The molecule has 1 aliphatic heterocycles. The third-order valence-electron chi connectivity index (χ3n) is 6.67. The van der Waals surface area contributed by atoms with Gasteiger partial charge in [0.2, 0.25) is 0 Å². The molecule has 1 heterocycles. The lowest BCUT2D eigenvalue weighted by Crippen LogP contribution is -3.20. The molecule has 1 aliphatic rings. The van der Waals surface area contributed by atoms with Crippen LogP contribution in [-0.2, 0) is 17.8 Å². The quantitative estimate of drug-likeness (QED) is 0.477. The summed E-state index contributed by atoms with van der Waals surface area (Å²) < 4.78 is 5.57. The zero-order chi connectivity index (χ0) is 20.9. The van der Waals surface area contributed by atoms with Crippen molar-refractivity contribution < 1.29 is 14.5 Å². The van der Waals surface area contributed by atoms with Crippen LogP contribution >= 0.6 is 0 Å². The number of benzene rings is 4. The summed E-state index contributed by atoms with van der Waals surface area (Å²) in [5, 5.41) is 5.45. The number of rotatable bonds is 7. The second-order valence-corrected chi connectivity index (χ2v) is 8.74. The molecule has 5 rings (SSSR count). The van der Waals surface area contributed by atoms with Gasteiger partial charge in [-0.05, 0) is 21.5 Å². The van der Waals surface area contributed by atoms with E-state index in [0.717, 1.165) is 39.4 Å². The number of nitrogens with one attached hydrogen (secondary N) is 2. The highest BCUT2D eigenvalue weighted by Crippen LogP contribution is 2.19. The average molecular weight is 413 g/mol. The van der Waals surface area contributed by atoms with E-state index in [-0.39, 0.29) is 0 Å². The highest BCUT2D eigenvalue weighted by atomic mass is 16.5. The van der Waals surface area contributed by atoms with E-state index in [4.69, 9.17) is 4.74 Å². The molecule has 1 saturated heterocycles. The number of hydrogen-bond acceptors (Lipinski definition) is 1. The van der Waals surface area contributed by atoms with Gasteiger partial charge in [-0.25, -0.2) is 0 Å². The van der Waals surface area contributed by atoms with Crippen molar-refractivity contribution in [1.29, 1.82) is 0 Å². The Morgan fingerprint density at radius 3 is 1.74 bits per heavy atom. The van der Waals surface area contributed by atoms with E-state index in [1.165, 1.54) is 45.8 Å². The van der Waals surface area contributed by atoms with Crippen LogP contribution in [0, 0.1) is 0 Å². The molecule has 0 unspecified atom stereocenters. The van der Waals surface area contributed by atoms with Gasteiger partial charge in [0.1, 0.15) is 39.3 Å². The Morgan fingerprint density at radius 1 is 0.645 bits per heavy atom. The molecule has 3 heteroatoms. The van der Waals surface area contributed by atoms with E-state index in [2.05, 4.69) is 84.9 Å². The Morgan fingerprint density at radius 2 is 1.16 bits per heavy atom. The molecule has 158 valence electrons. The lowest BCUT2D eigenvalue weighted by molar-refractivity contribution is -0.974. The fourth-order valence-electron chi connectivity index (χ4n) is 4.93. The van der Waals surface area contributed by atoms with Gasteiger partial charge < -0.3 is 14.5 Å². The number of hydrogen-bond donors (Lipinski definition) is 2. The van der Waals surface area contributed by atoms with E-state index in [1.807, 2.05) is 0 Å². The Hall–Kier alpha value is -2.72. The lowest BCUT2D eigenvalue weighted by Gasteiger charge is -2.27. The summed E-state index contributed by atoms with van der Waals surface area (Å²) in [6.45, 7) is 8.54. The van der Waals surface area contributed by atoms with Crippen molar-refractivity contribution in [1.82, 2.24) is 0 Å². The predicted octanol–water partition coefficient (Wildman–Crippen LogP) is 2.49. The first-order valence-electron chi connectivity index (χ1n) is 11.5. The van der Waals surface area contributed by atoms with Crippen LogP contribution in [0.25, 0.3) is 21.5 Å². The van der Waals surface area contributed by atoms with E-state index in [0.29, 0.717) is 0 Å². The summed E-state index contributed by atoms with van der Waals surface area (Å²) in [7, 11) is 0. The Bertz CT molecular complexity index is 1060. The van der Waals surface area contributed by atoms with Gasteiger partial charge >= 0.3 is 0 Å². The normalized spacial score (nSPS) is 15.1. The summed E-state index contributed by atoms with van der Waals surface area (Å²) >= 11 is 0. The molecule has 0 radical (unpaired) electrons. The number of morpholine rings is 1. The maximum absolute atomic E-state index is 5.57. The zero-order valence-electron chi connectivity index (χ0n) is 18.1. The minimum absolute atomic E-state index is 0.900. The highest BCUT2D eigenvalue weighted by molar-refractivity contribution is 5.86. The van der Waals surface area contributed by atoms with Crippen molar-refractivity contribution in [2.24, 2.45) is 0 Å². The third kappa shape index (κ3) is 4.80. The Balaban J connectivity index is 1.42. The molecule has 0 bridgehead atoms. The van der Waals surface area contributed by atoms with Crippen LogP contribution in [0.3, 0.4) is 0 Å². The molecule has 0 saturated carbocycles. The molecular weight excluding hydrogens is 380 g/mol. The topological polar surface area (TPSA) is 18.1 Å². The first-order chi connectivity index (χ1) is 15.4. The lowest BCUT2D eigenvalue weighted by atomic mass is 10.0. The van der Waals surface area contributed by atoms with Gasteiger partial charge in [0.15, 0.2) is 0 Å². The van der Waals surface area contributed by atoms with E-state index in [9.17, 15) is 0 Å². The van der Waals surface area contributed by atoms with Crippen molar-refractivity contribution in [3.05, 3.63) is 96.1 Å². The van der Waals surface area contributed by atoms with Crippen LogP contribution in [0.2, 0.25) is 0 Å². The van der Waals surface area contributed by atoms with Crippen LogP contribution < -0.4 is 9.80 Å². The molecule has 0 atom stereocenters. The van der Waals surface area contributed by atoms with Gasteiger partial charge in [0.05, 0.1) is 13.2 Å². The first-order valence-corrected chi connectivity index (χ1v) is 11.5. The summed E-state index contributed by atoms with van der Waals surface area (Å²) in [6.07, 6.45) is 0. The molecule has 4 aromatic rings. The molecule has 4 aromatic carbocycles. The fourth-order valence-corrected chi connectivity index (χ4v) is 4.93. The SMILES string of the molecule is c1ccc2c(C[NH+](CC[NH+]3CCOCC3)Cc3cccc4ccccc34)cccc2c1. The first kappa shape index (κ1) is 20.2. The molecule has 0 spiro atoms. The zero-order valence-corrected chi connectivity index (χ0v) is 18.1. The largest absolute Gasteiger partial charge is 0.370 e. The molecule has 0 aromatic heterocycles. The van der Waals surface area contributed by atoms with Crippen LogP contribution in [0.15, 0.2) is 84.9 Å². The Labute approximate surface area is 184 Å². The molecule has 1 fully saturated rings. The Kier molecular flexibility index (Phi) is 6.26. The minimum Gasteiger partial charge on any atom is -0.370 e. The van der Waals surface area contributed by atoms with E-state index in [1.54, 1.807) is 9.80 Å². The molecule has 2 N–H and O–H groups in total. The van der Waals surface area contributed by atoms with Crippen molar-refractivity contribution in [3.63, 3.8) is 0 Å². The molecule has 0 amide bonds. The van der Waals surface area contributed by atoms with Gasteiger partial charge in [-0.3, -0.25) is 0 Å². The number of fused-ring (bicyclic) bond motifs is 2. The summed E-state index contributed by atoms with van der Waals surface area (Å²) in [4.78, 5) is 3.31. The second-order valence-electron chi connectivity index (χ2n) is 8.74. The summed E-state index contributed by atoms with van der Waals surface area (Å²) in [5.41, 5.74) is 2.90. The average Bonchev–Trinajstić information content (AvgIpc) is 2.84. The summed E-state index contributed by atoms with van der Waals surface area (Å²) in [6, 6.07) is 31.1. The van der Waals surface area contributed by atoms with Gasteiger partial charge in [-0.15, -0.1) is 0 Å². The number of quaternary nitrogens is 2. The van der Waals surface area contributed by atoms with Gasteiger partial charge in [0.25, 0.3) is 0 Å². The second kappa shape index (κ2) is 9.61. The monoisotopic (exact) mass is 412 g/mol. The maximum atomic E-state index is 5.57. The third-order valence-corrected chi connectivity index (χ3v) is 6.67. The molecular formula is C28H32N2O+2. The van der Waals surface area contributed by atoms with Crippen molar-refractivity contribution in [2.75, 3.05) is 39.4 Å².